The first-order chi connectivity index (χ1) is 11.5. The van der Waals surface area contributed by atoms with Crippen molar-refractivity contribution in [1.29, 1.82) is 0 Å². The predicted octanol–water partition coefficient (Wildman–Crippen LogP) is 2.77. The van der Waals surface area contributed by atoms with Crippen LogP contribution in [0.3, 0.4) is 0 Å². The Morgan fingerprint density at radius 2 is 2.29 bits per heavy atom. The fourth-order valence-electron chi connectivity index (χ4n) is 2.54. The highest BCUT2D eigenvalue weighted by molar-refractivity contribution is 7.23. The quantitative estimate of drug-likeness (QED) is 0.854. The molecule has 0 aromatic carbocycles. The highest BCUT2D eigenvalue weighted by atomic mass is 35.5. The summed E-state index contributed by atoms with van der Waals surface area (Å²) in [5, 5.41) is 11.7. The van der Waals surface area contributed by atoms with E-state index in [1.807, 2.05) is 17.5 Å². The molecule has 1 aliphatic heterocycles. The summed E-state index contributed by atoms with van der Waals surface area (Å²) in [6.45, 7) is 1.10. The predicted molar refractivity (Wildman–Crippen MR) is 92.7 cm³/mol. The Kier molecular flexibility index (Phi) is 5.50. The van der Waals surface area contributed by atoms with Crippen molar-refractivity contribution in [2.75, 3.05) is 19.8 Å². The molecule has 9 heteroatoms. The molecule has 0 spiro atoms. The lowest BCUT2D eigenvalue weighted by Crippen LogP contribution is -2.50. The first-order valence-corrected chi connectivity index (χ1v) is 9.39. The number of thiophene rings is 1. The molecular weight excluding hydrogens is 372 g/mol. The SMILES string of the molecule is O=C(O)CC1COCCN1C(=O)Cc1csc(-c2ccc(Cl)s2)n1. The first kappa shape index (κ1) is 17.3. The third-order valence-corrected chi connectivity index (χ3v) is 5.92. The number of halogens is 1. The van der Waals surface area contributed by atoms with Crippen LogP contribution in [0.4, 0.5) is 0 Å². The maximum Gasteiger partial charge on any atom is 0.305 e. The first-order valence-electron chi connectivity index (χ1n) is 7.32. The molecule has 24 heavy (non-hydrogen) atoms. The molecule has 1 saturated heterocycles. The zero-order valence-corrected chi connectivity index (χ0v) is 15.0. The number of nitrogens with zero attached hydrogens (tertiary/aromatic N) is 2. The van der Waals surface area contributed by atoms with E-state index in [4.69, 9.17) is 21.4 Å². The van der Waals surface area contributed by atoms with Gasteiger partial charge in [-0.1, -0.05) is 11.6 Å². The van der Waals surface area contributed by atoms with E-state index in [0.29, 0.717) is 23.2 Å². The van der Waals surface area contributed by atoms with Gasteiger partial charge < -0.3 is 14.7 Å². The van der Waals surface area contributed by atoms with Gasteiger partial charge in [-0.25, -0.2) is 4.98 Å². The zero-order valence-electron chi connectivity index (χ0n) is 12.6. The van der Waals surface area contributed by atoms with Gasteiger partial charge in [-0.2, -0.15) is 0 Å². The molecule has 3 rings (SSSR count). The van der Waals surface area contributed by atoms with Gasteiger partial charge in [0.2, 0.25) is 5.91 Å². The zero-order chi connectivity index (χ0) is 17.1. The van der Waals surface area contributed by atoms with Crippen LogP contribution in [0.2, 0.25) is 4.34 Å². The summed E-state index contributed by atoms with van der Waals surface area (Å²) in [6, 6.07) is 3.30. The van der Waals surface area contributed by atoms with Crippen LogP contribution in [-0.4, -0.2) is 52.7 Å². The number of amides is 1. The monoisotopic (exact) mass is 386 g/mol. The summed E-state index contributed by atoms with van der Waals surface area (Å²) >= 11 is 8.85. The third kappa shape index (κ3) is 4.13. The van der Waals surface area contributed by atoms with Crippen molar-refractivity contribution in [1.82, 2.24) is 9.88 Å². The second-order valence-corrected chi connectivity index (χ2v) is 7.91. The number of carboxylic acids is 1. The molecule has 0 radical (unpaired) electrons. The minimum absolute atomic E-state index is 0.109. The normalized spacial score (nSPS) is 17.9. The second kappa shape index (κ2) is 7.60. The molecule has 0 saturated carbocycles. The van der Waals surface area contributed by atoms with Crippen molar-refractivity contribution in [3.05, 3.63) is 27.5 Å². The Morgan fingerprint density at radius 3 is 3.00 bits per heavy atom. The summed E-state index contributed by atoms with van der Waals surface area (Å²) in [5.74, 6) is -1.06. The van der Waals surface area contributed by atoms with Crippen LogP contribution in [0.25, 0.3) is 9.88 Å². The van der Waals surface area contributed by atoms with Crippen molar-refractivity contribution in [2.24, 2.45) is 0 Å². The number of hydrogen-bond acceptors (Lipinski definition) is 6. The fourth-order valence-corrected chi connectivity index (χ4v) is 4.48. The number of ether oxygens (including phenoxy) is 1. The summed E-state index contributed by atoms with van der Waals surface area (Å²) in [6.07, 6.45) is 0.0491. The molecule has 1 aliphatic rings. The van der Waals surface area contributed by atoms with Crippen LogP contribution in [0.1, 0.15) is 12.1 Å². The highest BCUT2D eigenvalue weighted by Crippen LogP contribution is 2.33. The van der Waals surface area contributed by atoms with Gasteiger partial charge >= 0.3 is 5.97 Å². The molecule has 3 heterocycles. The van der Waals surface area contributed by atoms with Gasteiger partial charge in [-0.3, -0.25) is 9.59 Å². The van der Waals surface area contributed by atoms with Crippen LogP contribution >= 0.6 is 34.3 Å². The van der Waals surface area contributed by atoms with Gasteiger partial charge in [0.1, 0.15) is 5.01 Å². The summed E-state index contributed by atoms with van der Waals surface area (Å²) in [7, 11) is 0. The van der Waals surface area contributed by atoms with Crippen molar-refractivity contribution in [3.8, 4) is 9.88 Å². The Balaban J connectivity index is 1.67. The van der Waals surface area contributed by atoms with Crippen molar-refractivity contribution in [3.63, 3.8) is 0 Å². The van der Waals surface area contributed by atoms with Gasteiger partial charge in [0.05, 0.1) is 47.0 Å². The Hall–Kier alpha value is -1.48. The fraction of sp³-hybridized carbons (Fsp3) is 0.400. The molecule has 0 aliphatic carbocycles. The van der Waals surface area contributed by atoms with E-state index >= 15 is 0 Å². The smallest absolute Gasteiger partial charge is 0.305 e. The van der Waals surface area contributed by atoms with E-state index < -0.39 is 12.0 Å². The Bertz CT molecular complexity index is 745. The number of rotatable bonds is 5. The largest absolute Gasteiger partial charge is 0.481 e. The lowest BCUT2D eigenvalue weighted by Gasteiger charge is -2.34. The summed E-state index contributed by atoms with van der Waals surface area (Å²) in [4.78, 5) is 30.5. The van der Waals surface area contributed by atoms with E-state index in [-0.39, 0.29) is 25.4 Å². The summed E-state index contributed by atoms with van der Waals surface area (Å²) < 4.78 is 5.99. The molecule has 6 nitrogen and oxygen atoms in total. The Labute approximate surface area is 151 Å². The standard InChI is InChI=1S/C15H15ClN2O4S2/c16-12-2-1-11(24-12)15-17-9(8-23-15)5-13(19)18-3-4-22-7-10(18)6-14(20)21/h1-2,8,10H,3-7H2,(H,20,21). The molecular formula is C15H15ClN2O4S2. The molecule has 2 aromatic rings. The van der Waals surface area contributed by atoms with E-state index in [0.717, 1.165) is 9.88 Å². The number of thiazole rings is 1. The van der Waals surface area contributed by atoms with Gasteiger partial charge in [0.25, 0.3) is 0 Å². The maximum absolute atomic E-state index is 12.5. The van der Waals surface area contributed by atoms with Crippen molar-refractivity contribution < 1.29 is 19.4 Å². The average Bonchev–Trinajstić information content (AvgIpc) is 3.16. The van der Waals surface area contributed by atoms with Crippen LogP contribution in [0.15, 0.2) is 17.5 Å². The number of morpholine rings is 1. The van der Waals surface area contributed by atoms with Crippen molar-refractivity contribution >= 4 is 46.2 Å². The van der Waals surface area contributed by atoms with E-state index in [9.17, 15) is 9.59 Å². The number of carbonyl (C=O) groups excluding carboxylic acids is 1. The van der Waals surface area contributed by atoms with Crippen LogP contribution < -0.4 is 0 Å². The van der Waals surface area contributed by atoms with E-state index in [1.54, 1.807) is 4.90 Å². The molecule has 0 bridgehead atoms. The molecule has 2 aromatic heterocycles. The Morgan fingerprint density at radius 1 is 1.46 bits per heavy atom. The van der Waals surface area contributed by atoms with Gasteiger partial charge in [-0.05, 0) is 12.1 Å². The second-order valence-electron chi connectivity index (χ2n) is 5.34. The number of hydrogen-bond donors (Lipinski definition) is 1. The van der Waals surface area contributed by atoms with E-state index in [2.05, 4.69) is 4.98 Å². The lowest BCUT2D eigenvalue weighted by molar-refractivity contribution is -0.145. The topological polar surface area (TPSA) is 79.7 Å². The number of aliphatic carboxylic acids is 1. The lowest BCUT2D eigenvalue weighted by atomic mass is 10.1. The van der Waals surface area contributed by atoms with Gasteiger partial charge in [-0.15, -0.1) is 22.7 Å². The van der Waals surface area contributed by atoms with Crippen molar-refractivity contribution in [2.45, 2.75) is 18.9 Å². The molecule has 128 valence electrons. The maximum atomic E-state index is 12.5. The molecule has 1 fully saturated rings. The number of carboxylic acid groups (broad SMARTS) is 1. The highest BCUT2D eigenvalue weighted by Gasteiger charge is 2.29. The summed E-state index contributed by atoms with van der Waals surface area (Å²) in [5.41, 5.74) is 0.685. The van der Waals surface area contributed by atoms with Crippen LogP contribution in [0, 0.1) is 0 Å². The van der Waals surface area contributed by atoms with Crippen LogP contribution in [-0.2, 0) is 20.7 Å². The number of aromatic nitrogens is 1. The molecule has 1 unspecified atom stereocenters. The van der Waals surface area contributed by atoms with Gasteiger partial charge in [0, 0.05) is 11.9 Å². The number of carbonyl (C=O) groups is 2. The van der Waals surface area contributed by atoms with E-state index in [1.165, 1.54) is 22.7 Å². The van der Waals surface area contributed by atoms with Crippen LogP contribution in [0.5, 0.6) is 0 Å². The molecule has 1 atom stereocenters. The average molecular weight is 387 g/mol. The third-order valence-electron chi connectivity index (χ3n) is 3.63. The van der Waals surface area contributed by atoms with Gasteiger partial charge in [0.15, 0.2) is 0 Å². The minimum atomic E-state index is -0.936. The molecule has 1 amide bonds. The molecule has 1 N–H and O–H groups in total. The minimum Gasteiger partial charge on any atom is -0.481 e.